The van der Waals surface area contributed by atoms with E-state index < -0.39 is 0 Å². The van der Waals surface area contributed by atoms with Gasteiger partial charge in [0.25, 0.3) is 0 Å². The maximum Gasteiger partial charge on any atom is 0.311 e. The van der Waals surface area contributed by atoms with E-state index in [4.69, 9.17) is 16.3 Å². The van der Waals surface area contributed by atoms with Gasteiger partial charge in [-0.15, -0.1) is 11.6 Å². The molecule has 0 unspecified atom stereocenters. The van der Waals surface area contributed by atoms with Crippen molar-refractivity contribution < 1.29 is 14.3 Å². The Bertz CT molecular complexity index is 454. The van der Waals surface area contributed by atoms with Crippen LogP contribution < -0.4 is 4.74 Å². The van der Waals surface area contributed by atoms with Gasteiger partial charge in [-0.25, -0.2) is 0 Å². The molecule has 0 saturated heterocycles. The minimum Gasteiger partial charge on any atom is -0.426 e. The van der Waals surface area contributed by atoms with Gasteiger partial charge in [-0.1, -0.05) is 0 Å². The summed E-state index contributed by atoms with van der Waals surface area (Å²) in [5.41, 5.74) is 1.49. The van der Waals surface area contributed by atoms with Gasteiger partial charge in [-0.05, 0) is 43.0 Å². The second-order valence-corrected chi connectivity index (χ2v) is 4.33. The Labute approximate surface area is 105 Å². The minimum absolute atomic E-state index is 0.0292. The van der Waals surface area contributed by atoms with Crippen molar-refractivity contribution in [3.8, 4) is 5.75 Å². The molecule has 0 spiro atoms. The van der Waals surface area contributed by atoms with Gasteiger partial charge in [-0.3, -0.25) is 9.59 Å². The van der Waals surface area contributed by atoms with E-state index in [9.17, 15) is 9.59 Å². The predicted octanol–water partition coefficient (Wildman–Crippen LogP) is 2.74. The third kappa shape index (κ3) is 2.86. The van der Waals surface area contributed by atoms with E-state index in [1.54, 1.807) is 18.2 Å². The van der Waals surface area contributed by atoms with Crippen LogP contribution in [0.4, 0.5) is 0 Å². The molecule has 0 saturated carbocycles. The maximum absolute atomic E-state index is 11.5. The topological polar surface area (TPSA) is 43.4 Å². The predicted molar refractivity (Wildman–Crippen MR) is 64.7 cm³/mol. The number of fused-ring (bicyclic) bond motifs is 1. The van der Waals surface area contributed by atoms with Gasteiger partial charge in [0.2, 0.25) is 0 Å². The standard InChI is InChI=1S/C13H13ClO3/c14-8-11(15)9-5-6-12-10(7-9)3-1-2-4-13(16)17-12/h5-7H,1-4,8H2. The first-order valence-corrected chi connectivity index (χ1v) is 6.17. The van der Waals surface area contributed by atoms with E-state index in [-0.39, 0.29) is 17.6 Å². The molecule has 2 rings (SSSR count). The van der Waals surface area contributed by atoms with Gasteiger partial charge in [0, 0.05) is 12.0 Å². The summed E-state index contributed by atoms with van der Waals surface area (Å²) in [5, 5.41) is 0. The van der Waals surface area contributed by atoms with Crippen molar-refractivity contribution in [2.45, 2.75) is 25.7 Å². The van der Waals surface area contributed by atoms with E-state index in [1.165, 1.54) is 0 Å². The summed E-state index contributed by atoms with van der Waals surface area (Å²) in [5.74, 6) is 0.226. The Kier molecular flexibility index (Phi) is 3.79. The van der Waals surface area contributed by atoms with Gasteiger partial charge >= 0.3 is 5.97 Å². The van der Waals surface area contributed by atoms with Crippen molar-refractivity contribution in [1.29, 1.82) is 0 Å². The Morgan fingerprint density at radius 3 is 2.82 bits per heavy atom. The normalized spacial score (nSPS) is 15.5. The number of hydrogen-bond donors (Lipinski definition) is 0. The minimum atomic E-state index is -0.206. The van der Waals surface area contributed by atoms with E-state index in [0.29, 0.717) is 17.7 Å². The van der Waals surface area contributed by atoms with Crippen LogP contribution in [0.15, 0.2) is 18.2 Å². The molecule has 90 valence electrons. The second-order valence-electron chi connectivity index (χ2n) is 4.06. The van der Waals surface area contributed by atoms with Gasteiger partial charge in [0.05, 0.1) is 5.88 Å². The van der Waals surface area contributed by atoms with Crippen LogP contribution in [0, 0.1) is 0 Å². The number of alkyl halides is 1. The number of hydrogen-bond acceptors (Lipinski definition) is 3. The number of halogens is 1. The van der Waals surface area contributed by atoms with Crippen molar-refractivity contribution in [2.24, 2.45) is 0 Å². The van der Waals surface area contributed by atoms with Crippen LogP contribution in [0.25, 0.3) is 0 Å². The van der Waals surface area contributed by atoms with Gasteiger partial charge in [-0.2, -0.15) is 0 Å². The van der Waals surface area contributed by atoms with Gasteiger partial charge in [0.1, 0.15) is 5.75 Å². The molecule has 0 radical (unpaired) electrons. The fourth-order valence-electron chi connectivity index (χ4n) is 1.88. The Morgan fingerprint density at radius 2 is 2.06 bits per heavy atom. The molecule has 0 amide bonds. The number of rotatable bonds is 2. The molecule has 1 aromatic rings. The van der Waals surface area contributed by atoms with Crippen molar-refractivity contribution in [1.82, 2.24) is 0 Å². The summed E-state index contributed by atoms with van der Waals surface area (Å²) < 4.78 is 5.22. The highest BCUT2D eigenvalue weighted by Crippen LogP contribution is 2.25. The molecule has 0 aliphatic carbocycles. The van der Waals surface area contributed by atoms with Crippen molar-refractivity contribution in [3.05, 3.63) is 29.3 Å². The van der Waals surface area contributed by atoms with Crippen molar-refractivity contribution in [3.63, 3.8) is 0 Å². The summed E-state index contributed by atoms with van der Waals surface area (Å²) in [4.78, 5) is 22.8. The third-order valence-corrected chi connectivity index (χ3v) is 3.05. The largest absolute Gasteiger partial charge is 0.426 e. The summed E-state index contributed by atoms with van der Waals surface area (Å²) in [6.07, 6.45) is 3.04. The molecule has 0 atom stereocenters. The highest BCUT2D eigenvalue weighted by molar-refractivity contribution is 6.30. The zero-order valence-corrected chi connectivity index (χ0v) is 10.1. The van der Waals surface area contributed by atoms with Crippen LogP contribution in [-0.4, -0.2) is 17.6 Å². The lowest BCUT2D eigenvalue weighted by Crippen LogP contribution is -2.12. The summed E-state index contributed by atoms with van der Waals surface area (Å²) in [7, 11) is 0. The zero-order valence-electron chi connectivity index (χ0n) is 9.37. The number of Topliss-reactive ketones (excluding diaryl/α,β-unsaturated/α-hetero) is 1. The number of benzene rings is 1. The molecular formula is C13H13ClO3. The van der Waals surface area contributed by atoms with Crippen LogP contribution in [0.2, 0.25) is 0 Å². The number of carbonyl (C=O) groups is 2. The highest BCUT2D eigenvalue weighted by atomic mass is 35.5. The molecule has 0 N–H and O–H groups in total. The molecule has 0 fully saturated rings. The van der Waals surface area contributed by atoms with Crippen molar-refractivity contribution in [2.75, 3.05) is 5.88 Å². The van der Waals surface area contributed by atoms with Gasteiger partial charge in [0.15, 0.2) is 5.78 Å². The quantitative estimate of drug-likeness (QED) is 0.352. The van der Waals surface area contributed by atoms with Crippen LogP contribution in [-0.2, 0) is 11.2 Å². The average molecular weight is 253 g/mol. The molecule has 1 aromatic carbocycles. The first-order chi connectivity index (χ1) is 8.20. The Hall–Kier alpha value is -1.35. The SMILES string of the molecule is O=C1CCCCc2cc(C(=O)CCl)ccc2O1. The van der Waals surface area contributed by atoms with E-state index in [0.717, 1.165) is 24.8 Å². The van der Waals surface area contributed by atoms with Crippen LogP contribution in [0.5, 0.6) is 5.75 Å². The number of ketones is 1. The van der Waals surface area contributed by atoms with Crippen LogP contribution in [0.1, 0.15) is 35.2 Å². The zero-order chi connectivity index (χ0) is 12.3. The number of aryl methyl sites for hydroxylation is 1. The number of ether oxygens (including phenoxy) is 1. The Morgan fingerprint density at radius 1 is 1.29 bits per heavy atom. The smallest absolute Gasteiger partial charge is 0.311 e. The first kappa shape index (κ1) is 12.1. The lowest BCUT2D eigenvalue weighted by Gasteiger charge is -2.14. The summed E-state index contributed by atoms with van der Waals surface area (Å²) >= 11 is 5.52. The van der Waals surface area contributed by atoms with E-state index >= 15 is 0 Å². The van der Waals surface area contributed by atoms with Crippen molar-refractivity contribution >= 4 is 23.4 Å². The summed E-state index contributed by atoms with van der Waals surface area (Å²) in [6, 6.07) is 5.11. The second kappa shape index (κ2) is 5.32. The molecule has 4 heteroatoms. The maximum atomic E-state index is 11.5. The van der Waals surface area contributed by atoms with Crippen LogP contribution in [0.3, 0.4) is 0 Å². The van der Waals surface area contributed by atoms with Gasteiger partial charge < -0.3 is 4.74 Å². The highest BCUT2D eigenvalue weighted by Gasteiger charge is 2.15. The molecule has 1 aliphatic rings. The summed E-state index contributed by atoms with van der Waals surface area (Å²) in [6.45, 7) is 0. The third-order valence-electron chi connectivity index (χ3n) is 2.80. The molecule has 1 heterocycles. The lowest BCUT2D eigenvalue weighted by molar-refractivity contribution is -0.134. The van der Waals surface area contributed by atoms with Crippen LogP contribution >= 0.6 is 11.6 Å². The number of carbonyl (C=O) groups excluding carboxylic acids is 2. The average Bonchev–Trinajstić information content (AvgIpc) is 2.32. The number of esters is 1. The molecule has 3 nitrogen and oxygen atoms in total. The first-order valence-electron chi connectivity index (χ1n) is 5.63. The van der Waals surface area contributed by atoms with E-state index in [2.05, 4.69) is 0 Å². The lowest BCUT2D eigenvalue weighted by atomic mass is 10.0. The molecule has 0 bridgehead atoms. The fourth-order valence-corrected chi connectivity index (χ4v) is 2.04. The molecule has 0 aromatic heterocycles. The monoisotopic (exact) mass is 252 g/mol. The van der Waals surface area contributed by atoms with E-state index in [1.807, 2.05) is 0 Å². The fraction of sp³-hybridized carbons (Fsp3) is 0.385. The molecule has 17 heavy (non-hydrogen) atoms. The molecule has 1 aliphatic heterocycles. The Balaban J connectivity index is 2.32. The molecular weight excluding hydrogens is 240 g/mol.